The monoisotopic (exact) mass is 223 g/mol. The summed E-state index contributed by atoms with van der Waals surface area (Å²) in [5.74, 6) is 0. The molecule has 0 fully saturated rings. The highest BCUT2D eigenvalue weighted by atomic mass is 32.1. The Hall–Kier alpha value is -1.43. The van der Waals surface area contributed by atoms with Gasteiger partial charge in [0.15, 0.2) is 0 Å². The zero-order valence-corrected chi connectivity index (χ0v) is 9.58. The minimum absolute atomic E-state index is 0.776. The molecule has 0 saturated carbocycles. The second-order valence-electron chi connectivity index (χ2n) is 3.15. The molecular formula is C9H13N5S. The second kappa shape index (κ2) is 3.98. The third-order valence-corrected chi connectivity index (χ3v) is 2.96. The van der Waals surface area contributed by atoms with Gasteiger partial charge in [0.05, 0.1) is 17.1 Å². The highest BCUT2D eigenvalue weighted by Crippen LogP contribution is 2.22. The van der Waals surface area contributed by atoms with Crippen LogP contribution in [0.5, 0.6) is 0 Å². The largest absolute Gasteiger partial charge is 0.396 e. The van der Waals surface area contributed by atoms with Gasteiger partial charge < -0.3 is 5.73 Å². The normalized spacial score (nSPS) is 10.8. The van der Waals surface area contributed by atoms with E-state index >= 15 is 0 Å². The lowest BCUT2D eigenvalue weighted by Crippen LogP contribution is -2.02. The van der Waals surface area contributed by atoms with Crippen molar-refractivity contribution in [2.45, 2.75) is 26.7 Å². The first-order valence-corrected chi connectivity index (χ1v) is 5.78. The molecule has 0 aliphatic heterocycles. The summed E-state index contributed by atoms with van der Waals surface area (Å²) in [7, 11) is 0. The van der Waals surface area contributed by atoms with Crippen molar-refractivity contribution in [3.63, 3.8) is 0 Å². The molecule has 0 atom stereocenters. The maximum Gasteiger partial charge on any atom is 0.232 e. The van der Waals surface area contributed by atoms with E-state index in [1.165, 1.54) is 11.3 Å². The van der Waals surface area contributed by atoms with E-state index in [0.29, 0.717) is 0 Å². The van der Waals surface area contributed by atoms with Gasteiger partial charge in [-0.05, 0) is 12.8 Å². The minimum Gasteiger partial charge on any atom is -0.396 e. The summed E-state index contributed by atoms with van der Waals surface area (Å²) in [5.41, 5.74) is 10.4. The molecule has 2 aromatic heterocycles. The lowest BCUT2D eigenvalue weighted by atomic mass is 10.2. The molecule has 2 aromatic rings. The number of anilines is 1. The van der Waals surface area contributed by atoms with Crippen molar-refractivity contribution in [2.75, 3.05) is 5.73 Å². The molecule has 6 heteroatoms. The van der Waals surface area contributed by atoms with Gasteiger partial charge in [0, 0.05) is 0 Å². The van der Waals surface area contributed by atoms with Crippen LogP contribution in [0.3, 0.4) is 0 Å². The highest BCUT2D eigenvalue weighted by Gasteiger charge is 2.15. The number of hydrogen-bond donors (Lipinski definition) is 1. The summed E-state index contributed by atoms with van der Waals surface area (Å²) in [4.78, 5) is 0. The third kappa shape index (κ3) is 1.61. The summed E-state index contributed by atoms with van der Waals surface area (Å²) in [6.45, 7) is 4.10. The van der Waals surface area contributed by atoms with E-state index in [0.717, 1.165) is 35.0 Å². The summed E-state index contributed by atoms with van der Waals surface area (Å²) in [6, 6.07) is 0. The average molecular weight is 223 g/mol. The number of nitrogen functional groups attached to an aromatic ring is 1. The molecule has 0 bridgehead atoms. The SMILES string of the molecule is CCc1nn(-c2nncs2)c(CC)c1N. The van der Waals surface area contributed by atoms with Crippen molar-refractivity contribution < 1.29 is 0 Å². The summed E-state index contributed by atoms with van der Waals surface area (Å²) in [5, 5.41) is 13.0. The van der Waals surface area contributed by atoms with Crippen molar-refractivity contribution in [2.24, 2.45) is 0 Å². The molecule has 0 aromatic carbocycles. The molecule has 0 saturated heterocycles. The summed E-state index contributed by atoms with van der Waals surface area (Å²) in [6.07, 6.45) is 1.68. The number of aryl methyl sites for hydroxylation is 1. The van der Waals surface area contributed by atoms with E-state index in [-0.39, 0.29) is 0 Å². The average Bonchev–Trinajstić information content (AvgIpc) is 2.84. The molecule has 0 radical (unpaired) electrons. The van der Waals surface area contributed by atoms with Gasteiger partial charge >= 0.3 is 0 Å². The first kappa shape index (κ1) is 10.1. The number of nitrogens with zero attached hydrogens (tertiary/aromatic N) is 4. The van der Waals surface area contributed by atoms with Crippen molar-refractivity contribution in [3.05, 3.63) is 16.9 Å². The van der Waals surface area contributed by atoms with Crippen molar-refractivity contribution in [1.82, 2.24) is 20.0 Å². The first-order chi connectivity index (χ1) is 7.27. The topological polar surface area (TPSA) is 69.6 Å². The Labute approximate surface area is 91.9 Å². The van der Waals surface area contributed by atoms with E-state index < -0.39 is 0 Å². The van der Waals surface area contributed by atoms with E-state index in [1.54, 1.807) is 10.2 Å². The molecule has 15 heavy (non-hydrogen) atoms. The van der Waals surface area contributed by atoms with Crippen LogP contribution in [-0.2, 0) is 12.8 Å². The fourth-order valence-electron chi connectivity index (χ4n) is 1.53. The van der Waals surface area contributed by atoms with Crippen LogP contribution in [0, 0.1) is 0 Å². The van der Waals surface area contributed by atoms with Gasteiger partial charge in [-0.3, -0.25) is 0 Å². The van der Waals surface area contributed by atoms with Gasteiger partial charge in [0.1, 0.15) is 5.51 Å². The molecular weight excluding hydrogens is 210 g/mol. The number of nitrogens with two attached hydrogens (primary N) is 1. The highest BCUT2D eigenvalue weighted by molar-refractivity contribution is 7.11. The van der Waals surface area contributed by atoms with E-state index in [9.17, 15) is 0 Å². The van der Waals surface area contributed by atoms with Gasteiger partial charge in [-0.2, -0.15) is 5.10 Å². The third-order valence-electron chi connectivity index (χ3n) is 2.30. The van der Waals surface area contributed by atoms with Gasteiger partial charge in [0.25, 0.3) is 0 Å². The molecule has 80 valence electrons. The van der Waals surface area contributed by atoms with Crippen LogP contribution in [0.4, 0.5) is 5.69 Å². The van der Waals surface area contributed by atoms with Crippen LogP contribution >= 0.6 is 11.3 Å². The van der Waals surface area contributed by atoms with E-state index in [2.05, 4.69) is 22.2 Å². The predicted molar refractivity (Wildman–Crippen MR) is 60.2 cm³/mol. The summed E-state index contributed by atoms with van der Waals surface area (Å²) < 4.78 is 1.80. The molecule has 0 aliphatic carbocycles. The van der Waals surface area contributed by atoms with Crippen molar-refractivity contribution in [3.8, 4) is 5.13 Å². The fourth-order valence-corrected chi connectivity index (χ4v) is 2.07. The standard InChI is InChI=1S/C9H13N5S/c1-3-6-8(10)7(4-2)14(13-6)9-12-11-5-15-9/h5H,3-4,10H2,1-2H3. The van der Waals surface area contributed by atoms with Crippen molar-refractivity contribution >= 4 is 17.0 Å². The number of aromatic nitrogens is 4. The van der Waals surface area contributed by atoms with Gasteiger partial charge in [0.2, 0.25) is 5.13 Å². The van der Waals surface area contributed by atoms with Crippen LogP contribution in [0.15, 0.2) is 5.51 Å². The Morgan fingerprint density at radius 3 is 2.73 bits per heavy atom. The van der Waals surface area contributed by atoms with Gasteiger partial charge in [-0.25, -0.2) is 4.68 Å². The van der Waals surface area contributed by atoms with Crippen LogP contribution < -0.4 is 5.73 Å². The minimum atomic E-state index is 0.776. The molecule has 0 aliphatic rings. The lowest BCUT2D eigenvalue weighted by Gasteiger charge is -2.00. The molecule has 2 N–H and O–H groups in total. The van der Waals surface area contributed by atoms with Crippen molar-refractivity contribution in [1.29, 1.82) is 0 Å². The van der Waals surface area contributed by atoms with Crippen LogP contribution in [-0.4, -0.2) is 20.0 Å². The second-order valence-corrected chi connectivity index (χ2v) is 3.96. The quantitative estimate of drug-likeness (QED) is 0.854. The number of hydrogen-bond acceptors (Lipinski definition) is 5. The Morgan fingerprint density at radius 2 is 2.20 bits per heavy atom. The van der Waals surface area contributed by atoms with Gasteiger partial charge in [-0.1, -0.05) is 25.2 Å². The maximum absolute atomic E-state index is 6.00. The van der Waals surface area contributed by atoms with Crippen LogP contribution in [0.1, 0.15) is 25.2 Å². The zero-order chi connectivity index (χ0) is 10.8. The number of rotatable bonds is 3. The van der Waals surface area contributed by atoms with E-state index in [4.69, 9.17) is 5.73 Å². The zero-order valence-electron chi connectivity index (χ0n) is 8.77. The Balaban J connectivity index is 2.56. The molecule has 2 rings (SSSR count). The van der Waals surface area contributed by atoms with Crippen LogP contribution in [0.25, 0.3) is 5.13 Å². The summed E-state index contributed by atoms with van der Waals surface area (Å²) >= 11 is 1.46. The van der Waals surface area contributed by atoms with Gasteiger partial charge in [-0.15, -0.1) is 10.2 Å². The Kier molecular flexibility index (Phi) is 2.68. The molecule has 0 amide bonds. The Morgan fingerprint density at radius 1 is 1.40 bits per heavy atom. The maximum atomic E-state index is 6.00. The molecule has 0 unspecified atom stereocenters. The fraction of sp³-hybridized carbons (Fsp3) is 0.444. The Bertz CT molecular complexity index is 445. The molecule has 0 spiro atoms. The smallest absolute Gasteiger partial charge is 0.232 e. The first-order valence-electron chi connectivity index (χ1n) is 4.90. The predicted octanol–water partition coefficient (Wildman–Crippen LogP) is 1.43. The molecule has 5 nitrogen and oxygen atoms in total. The van der Waals surface area contributed by atoms with E-state index in [1.807, 2.05) is 6.92 Å². The lowest BCUT2D eigenvalue weighted by molar-refractivity contribution is 0.776. The van der Waals surface area contributed by atoms with Crippen LogP contribution in [0.2, 0.25) is 0 Å². The molecule has 2 heterocycles.